The molecule has 0 radical (unpaired) electrons. The SMILES string of the molecule is O=S(=O)(c1ccc(F)c(F)c1)N1C2CCC1CC(c1nc(-c3ccncc3)no1)C2. The van der Waals surface area contributed by atoms with E-state index in [1.165, 1.54) is 4.31 Å². The van der Waals surface area contributed by atoms with Gasteiger partial charge in [-0.2, -0.15) is 9.29 Å². The van der Waals surface area contributed by atoms with E-state index in [9.17, 15) is 17.2 Å². The van der Waals surface area contributed by atoms with Gasteiger partial charge in [0.05, 0.1) is 4.90 Å². The third kappa shape index (κ3) is 3.20. The molecule has 1 aromatic carbocycles. The Morgan fingerprint density at radius 3 is 2.37 bits per heavy atom. The number of aromatic nitrogens is 3. The first-order chi connectivity index (χ1) is 14.4. The molecule has 0 spiro atoms. The van der Waals surface area contributed by atoms with Crippen molar-refractivity contribution < 1.29 is 21.7 Å². The van der Waals surface area contributed by atoms with Gasteiger partial charge < -0.3 is 4.52 Å². The Morgan fingerprint density at radius 1 is 1.00 bits per heavy atom. The minimum absolute atomic E-state index is 0.0537. The van der Waals surface area contributed by atoms with Crippen molar-refractivity contribution in [2.45, 2.75) is 48.6 Å². The zero-order valence-electron chi connectivity index (χ0n) is 15.8. The van der Waals surface area contributed by atoms with Crippen LogP contribution in [0.5, 0.6) is 0 Å². The summed E-state index contributed by atoms with van der Waals surface area (Å²) in [6, 6.07) is 5.78. The van der Waals surface area contributed by atoms with E-state index in [1.54, 1.807) is 24.5 Å². The van der Waals surface area contributed by atoms with Crippen LogP contribution in [0.1, 0.15) is 37.5 Å². The first-order valence-electron chi connectivity index (χ1n) is 9.66. The Bertz CT molecular complexity index is 1170. The lowest BCUT2D eigenvalue weighted by molar-refractivity contribution is 0.201. The first kappa shape index (κ1) is 19.3. The van der Waals surface area contributed by atoms with Crippen LogP contribution in [0.4, 0.5) is 8.78 Å². The van der Waals surface area contributed by atoms with E-state index in [4.69, 9.17) is 4.52 Å². The molecule has 30 heavy (non-hydrogen) atoms. The highest BCUT2D eigenvalue weighted by Crippen LogP contribution is 2.45. The van der Waals surface area contributed by atoms with Gasteiger partial charge in [0.15, 0.2) is 11.6 Å². The monoisotopic (exact) mass is 432 g/mol. The van der Waals surface area contributed by atoms with Gasteiger partial charge in [0.1, 0.15) is 0 Å². The number of hydrogen-bond donors (Lipinski definition) is 0. The molecule has 156 valence electrons. The van der Waals surface area contributed by atoms with Crippen LogP contribution in [0.15, 0.2) is 52.1 Å². The molecule has 2 saturated heterocycles. The van der Waals surface area contributed by atoms with Gasteiger partial charge in [-0.15, -0.1) is 0 Å². The lowest BCUT2D eigenvalue weighted by Gasteiger charge is -2.36. The molecule has 3 aromatic rings. The van der Waals surface area contributed by atoms with Gasteiger partial charge in [-0.05, 0) is 56.0 Å². The largest absolute Gasteiger partial charge is 0.339 e. The van der Waals surface area contributed by atoms with Crippen molar-refractivity contribution in [3.63, 3.8) is 0 Å². The number of hydrogen-bond acceptors (Lipinski definition) is 6. The number of nitrogens with zero attached hydrogens (tertiary/aromatic N) is 4. The predicted molar refractivity (Wildman–Crippen MR) is 102 cm³/mol. The van der Waals surface area contributed by atoms with E-state index in [2.05, 4.69) is 15.1 Å². The van der Waals surface area contributed by atoms with Gasteiger partial charge in [0.2, 0.25) is 21.7 Å². The summed E-state index contributed by atoms with van der Waals surface area (Å²) in [6.07, 6.45) is 5.78. The lowest BCUT2D eigenvalue weighted by Crippen LogP contribution is -2.46. The smallest absolute Gasteiger partial charge is 0.243 e. The fraction of sp³-hybridized carbons (Fsp3) is 0.350. The van der Waals surface area contributed by atoms with Crippen molar-refractivity contribution in [2.75, 3.05) is 0 Å². The Balaban J connectivity index is 1.39. The number of halogens is 2. The predicted octanol–water partition coefficient (Wildman–Crippen LogP) is 3.51. The van der Waals surface area contributed by atoms with Crippen molar-refractivity contribution >= 4 is 10.0 Å². The summed E-state index contributed by atoms with van der Waals surface area (Å²) in [5.74, 6) is -1.34. The third-order valence-electron chi connectivity index (χ3n) is 5.86. The number of piperidine rings is 1. The fourth-order valence-corrected chi connectivity index (χ4v) is 6.41. The van der Waals surface area contributed by atoms with Crippen LogP contribution in [-0.2, 0) is 10.0 Å². The van der Waals surface area contributed by atoms with Crippen molar-refractivity contribution in [3.8, 4) is 11.4 Å². The van der Waals surface area contributed by atoms with E-state index >= 15 is 0 Å². The van der Waals surface area contributed by atoms with Crippen molar-refractivity contribution in [2.24, 2.45) is 0 Å². The Morgan fingerprint density at radius 2 is 1.70 bits per heavy atom. The number of benzene rings is 1. The average Bonchev–Trinajstić information content (AvgIpc) is 3.34. The van der Waals surface area contributed by atoms with Crippen molar-refractivity contribution in [1.82, 2.24) is 19.4 Å². The zero-order chi connectivity index (χ0) is 20.9. The molecule has 0 N–H and O–H groups in total. The highest BCUT2D eigenvalue weighted by molar-refractivity contribution is 7.89. The maximum Gasteiger partial charge on any atom is 0.243 e. The molecule has 7 nitrogen and oxygen atoms in total. The molecule has 2 aromatic heterocycles. The van der Waals surface area contributed by atoms with Gasteiger partial charge in [-0.3, -0.25) is 4.98 Å². The number of rotatable bonds is 4. The molecule has 2 unspecified atom stereocenters. The van der Waals surface area contributed by atoms with Crippen LogP contribution in [-0.4, -0.2) is 39.9 Å². The summed E-state index contributed by atoms with van der Waals surface area (Å²) in [6.45, 7) is 0. The summed E-state index contributed by atoms with van der Waals surface area (Å²) in [5, 5.41) is 4.04. The van der Waals surface area contributed by atoms with Crippen LogP contribution in [0.25, 0.3) is 11.4 Å². The normalized spacial score (nSPS) is 24.3. The van der Waals surface area contributed by atoms with Crippen molar-refractivity contribution in [1.29, 1.82) is 0 Å². The van der Waals surface area contributed by atoms with E-state index in [0.29, 0.717) is 37.4 Å². The maximum atomic E-state index is 13.6. The van der Waals surface area contributed by atoms with Crippen LogP contribution >= 0.6 is 0 Å². The Labute approximate surface area is 171 Å². The van der Waals surface area contributed by atoms with Crippen molar-refractivity contribution in [3.05, 3.63) is 60.3 Å². The number of fused-ring (bicyclic) bond motifs is 2. The second-order valence-electron chi connectivity index (χ2n) is 7.66. The van der Waals surface area contributed by atoms with Crippen LogP contribution < -0.4 is 0 Å². The van der Waals surface area contributed by atoms with Gasteiger partial charge in [0.25, 0.3) is 0 Å². The van der Waals surface area contributed by atoms with Crippen LogP contribution in [0, 0.1) is 11.6 Å². The number of pyridine rings is 1. The molecule has 2 aliphatic rings. The topological polar surface area (TPSA) is 89.2 Å². The average molecular weight is 432 g/mol. The summed E-state index contributed by atoms with van der Waals surface area (Å²) < 4.78 is 60.0. The number of sulfonamides is 1. The Hall–Kier alpha value is -2.72. The highest BCUT2D eigenvalue weighted by atomic mass is 32.2. The van der Waals surface area contributed by atoms with Gasteiger partial charge in [0, 0.05) is 36.0 Å². The standard InChI is InChI=1S/C20H18F2N4O3S/c21-17-4-3-16(11-18(17)22)30(27,28)26-14-1-2-15(26)10-13(9-14)20-24-19(25-29-20)12-5-7-23-8-6-12/h3-8,11,13-15H,1-2,9-10H2. The van der Waals surface area contributed by atoms with E-state index < -0.39 is 21.7 Å². The molecule has 2 fully saturated rings. The highest BCUT2D eigenvalue weighted by Gasteiger charge is 2.48. The molecule has 0 aliphatic carbocycles. The summed E-state index contributed by atoms with van der Waals surface area (Å²) in [7, 11) is -3.93. The van der Waals surface area contributed by atoms with Crippen LogP contribution in [0.2, 0.25) is 0 Å². The maximum absolute atomic E-state index is 13.6. The molecule has 10 heteroatoms. The fourth-order valence-electron chi connectivity index (χ4n) is 4.51. The molecule has 5 rings (SSSR count). The molecular formula is C20H18F2N4O3S. The minimum Gasteiger partial charge on any atom is -0.339 e. The molecule has 0 saturated carbocycles. The second kappa shape index (κ2) is 7.21. The second-order valence-corrected chi connectivity index (χ2v) is 9.50. The lowest BCUT2D eigenvalue weighted by atomic mass is 9.92. The summed E-state index contributed by atoms with van der Waals surface area (Å²) >= 11 is 0. The molecule has 2 aliphatic heterocycles. The van der Waals surface area contributed by atoms with E-state index in [0.717, 1.165) is 23.8 Å². The molecule has 2 bridgehead atoms. The Kier molecular flexibility index (Phi) is 4.62. The summed E-state index contributed by atoms with van der Waals surface area (Å²) in [5.41, 5.74) is 0.793. The summed E-state index contributed by atoms with van der Waals surface area (Å²) in [4.78, 5) is 8.24. The van der Waals surface area contributed by atoms with Gasteiger partial charge in [-0.1, -0.05) is 5.16 Å². The quantitative estimate of drug-likeness (QED) is 0.627. The molecule has 2 atom stereocenters. The molecular weight excluding hydrogens is 414 g/mol. The zero-order valence-corrected chi connectivity index (χ0v) is 16.6. The molecule has 4 heterocycles. The van der Waals surface area contributed by atoms with Gasteiger partial charge in [-0.25, -0.2) is 17.2 Å². The van der Waals surface area contributed by atoms with Gasteiger partial charge >= 0.3 is 0 Å². The first-order valence-corrected chi connectivity index (χ1v) is 11.1. The molecule has 0 amide bonds. The third-order valence-corrected chi connectivity index (χ3v) is 7.86. The van der Waals surface area contributed by atoms with E-state index in [-0.39, 0.29) is 22.9 Å². The minimum atomic E-state index is -3.93. The van der Waals surface area contributed by atoms with Crippen LogP contribution in [0.3, 0.4) is 0 Å². The van der Waals surface area contributed by atoms with E-state index in [1.807, 2.05) is 0 Å².